The van der Waals surface area contributed by atoms with E-state index >= 15 is 0 Å². The first-order valence-corrected chi connectivity index (χ1v) is 11.1. The second kappa shape index (κ2) is 9.81. The van der Waals surface area contributed by atoms with Crippen molar-refractivity contribution in [1.82, 2.24) is 14.5 Å². The molecule has 32 heavy (non-hydrogen) atoms. The molecule has 6 nitrogen and oxygen atoms in total. The summed E-state index contributed by atoms with van der Waals surface area (Å²) in [6.07, 6.45) is 7.61. The van der Waals surface area contributed by atoms with Crippen LogP contribution in [0.25, 0.3) is 0 Å². The van der Waals surface area contributed by atoms with Crippen molar-refractivity contribution in [3.63, 3.8) is 0 Å². The number of rotatable bonds is 6. The Morgan fingerprint density at radius 1 is 1.06 bits per heavy atom. The average Bonchev–Trinajstić information content (AvgIpc) is 3.26. The molecule has 0 spiro atoms. The van der Waals surface area contributed by atoms with Crippen molar-refractivity contribution >= 4 is 11.9 Å². The summed E-state index contributed by atoms with van der Waals surface area (Å²) < 4.78 is 6.86. The highest BCUT2D eigenvalue weighted by atomic mass is 16.5. The number of hydrogen-bond donors (Lipinski definition) is 0. The lowest BCUT2D eigenvalue weighted by Gasteiger charge is -2.38. The summed E-state index contributed by atoms with van der Waals surface area (Å²) in [6, 6.07) is 17.5. The summed E-state index contributed by atoms with van der Waals surface area (Å²) in [5.41, 5.74) is 1.98. The highest BCUT2D eigenvalue weighted by Gasteiger charge is 2.33. The van der Waals surface area contributed by atoms with Crippen molar-refractivity contribution in [3.05, 3.63) is 89.5 Å². The number of methoxy groups -OCH3 is 1. The van der Waals surface area contributed by atoms with Gasteiger partial charge in [-0.05, 0) is 42.9 Å². The lowest BCUT2D eigenvalue weighted by molar-refractivity contribution is 0.0554. The summed E-state index contributed by atoms with van der Waals surface area (Å²) >= 11 is 0. The third-order valence-electron chi connectivity index (χ3n) is 6.41. The van der Waals surface area contributed by atoms with Crippen LogP contribution in [-0.4, -0.2) is 39.5 Å². The first kappa shape index (κ1) is 21.8. The van der Waals surface area contributed by atoms with E-state index in [0.29, 0.717) is 23.6 Å². The molecule has 3 aromatic rings. The number of benzene rings is 2. The van der Waals surface area contributed by atoms with Crippen molar-refractivity contribution in [2.24, 2.45) is 7.05 Å². The average molecular weight is 432 g/mol. The van der Waals surface area contributed by atoms with Crippen LogP contribution in [0, 0.1) is 0 Å². The molecule has 0 aliphatic heterocycles. The molecule has 2 atom stereocenters. The standard InChI is InChI=1S/C26H29N3O3/c1-28-16-15-27-24(28)18-29(25(30)22-13-6-7-14-23(22)26(31)32-2)21-12-8-11-20(17-21)19-9-4-3-5-10-19/h3-7,9-10,13-16,20-21H,8,11-12,17-18H2,1-2H3. The Morgan fingerprint density at radius 3 is 2.47 bits per heavy atom. The Hall–Kier alpha value is -3.41. The van der Waals surface area contributed by atoms with Gasteiger partial charge < -0.3 is 14.2 Å². The molecular weight excluding hydrogens is 402 g/mol. The Labute approximate surface area is 188 Å². The largest absolute Gasteiger partial charge is 0.465 e. The van der Waals surface area contributed by atoms with Crippen LogP contribution in [0.4, 0.5) is 0 Å². The van der Waals surface area contributed by atoms with E-state index in [1.165, 1.54) is 12.7 Å². The third-order valence-corrected chi connectivity index (χ3v) is 6.41. The van der Waals surface area contributed by atoms with E-state index in [1.807, 2.05) is 28.8 Å². The van der Waals surface area contributed by atoms with Crippen LogP contribution in [0.3, 0.4) is 0 Å². The molecular formula is C26H29N3O3. The number of nitrogens with zero attached hydrogens (tertiary/aromatic N) is 3. The number of esters is 1. The van der Waals surface area contributed by atoms with Gasteiger partial charge in [0.1, 0.15) is 5.82 Å². The zero-order valence-electron chi connectivity index (χ0n) is 18.6. The van der Waals surface area contributed by atoms with Crippen LogP contribution in [0.15, 0.2) is 67.0 Å². The number of carbonyl (C=O) groups is 2. The van der Waals surface area contributed by atoms with E-state index in [9.17, 15) is 9.59 Å². The molecule has 2 aromatic carbocycles. The molecule has 1 aromatic heterocycles. The van der Waals surface area contributed by atoms with Crippen LogP contribution in [-0.2, 0) is 18.3 Å². The fourth-order valence-corrected chi connectivity index (χ4v) is 4.66. The zero-order chi connectivity index (χ0) is 22.5. The number of aryl methyl sites for hydroxylation is 1. The fourth-order valence-electron chi connectivity index (χ4n) is 4.66. The lowest BCUT2D eigenvalue weighted by Crippen LogP contribution is -2.43. The van der Waals surface area contributed by atoms with Crippen molar-refractivity contribution in [2.45, 2.75) is 44.2 Å². The molecule has 6 heteroatoms. The van der Waals surface area contributed by atoms with Crippen LogP contribution in [0.5, 0.6) is 0 Å². The van der Waals surface area contributed by atoms with Gasteiger partial charge in [-0.2, -0.15) is 0 Å². The van der Waals surface area contributed by atoms with Gasteiger partial charge in [0.05, 0.1) is 24.8 Å². The second-order valence-corrected chi connectivity index (χ2v) is 8.35. The van der Waals surface area contributed by atoms with Crippen molar-refractivity contribution in [2.75, 3.05) is 7.11 Å². The van der Waals surface area contributed by atoms with Crippen LogP contribution < -0.4 is 0 Å². The number of carbonyl (C=O) groups excluding carboxylic acids is 2. The molecule has 0 saturated heterocycles. The Balaban J connectivity index is 1.67. The molecule has 1 amide bonds. The molecule has 0 radical (unpaired) electrons. The van der Waals surface area contributed by atoms with E-state index in [-0.39, 0.29) is 11.9 Å². The van der Waals surface area contributed by atoms with E-state index in [1.54, 1.807) is 30.5 Å². The van der Waals surface area contributed by atoms with Crippen LogP contribution >= 0.6 is 0 Å². The zero-order valence-corrected chi connectivity index (χ0v) is 18.6. The number of hydrogen-bond acceptors (Lipinski definition) is 4. The maximum atomic E-state index is 13.8. The smallest absolute Gasteiger partial charge is 0.338 e. The van der Waals surface area contributed by atoms with E-state index in [4.69, 9.17) is 4.74 Å². The van der Waals surface area contributed by atoms with Gasteiger partial charge in [-0.1, -0.05) is 48.9 Å². The molecule has 4 rings (SSSR count). The first-order valence-electron chi connectivity index (χ1n) is 11.1. The monoisotopic (exact) mass is 431 g/mol. The van der Waals surface area contributed by atoms with E-state index < -0.39 is 5.97 Å². The van der Waals surface area contributed by atoms with Crippen molar-refractivity contribution in [3.8, 4) is 0 Å². The van der Waals surface area contributed by atoms with Gasteiger partial charge in [-0.3, -0.25) is 4.79 Å². The normalized spacial score (nSPS) is 18.2. The number of imidazole rings is 1. The number of amides is 1. The number of ether oxygens (including phenoxy) is 1. The molecule has 0 bridgehead atoms. The SMILES string of the molecule is COC(=O)c1ccccc1C(=O)N(Cc1nccn1C)C1CCCC(c2ccccc2)C1. The summed E-state index contributed by atoms with van der Waals surface area (Å²) in [5.74, 6) is 0.558. The highest BCUT2D eigenvalue weighted by Crippen LogP contribution is 2.36. The molecule has 0 N–H and O–H groups in total. The van der Waals surface area contributed by atoms with Gasteiger partial charge in [0.15, 0.2) is 0 Å². The van der Waals surface area contributed by atoms with Gasteiger partial charge in [-0.15, -0.1) is 0 Å². The predicted molar refractivity (Wildman–Crippen MR) is 122 cm³/mol. The van der Waals surface area contributed by atoms with Gasteiger partial charge in [0.2, 0.25) is 0 Å². The quantitative estimate of drug-likeness (QED) is 0.536. The minimum atomic E-state index is -0.503. The molecule has 1 fully saturated rings. The molecule has 1 saturated carbocycles. The van der Waals surface area contributed by atoms with E-state index in [2.05, 4.69) is 29.2 Å². The predicted octanol–water partition coefficient (Wildman–Crippen LogP) is 4.58. The van der Waals surface area contributed by atoms with Crippen molar-refractivity contribution < 1.29 is 14.3 Å². The Kier molecular flexibility index (Phi) is 6.69. The minimum Gasteiger partial charge on any atom is -0.465 e. The maximum absolute atomic E-state index is 13.8. The number of aromatic nitrogens is 2. The topological polar surface area (TPSA) is 64.4 Å². The Bertz CT molecular complexity index is 1080. The molecule has 2 unspecified atom stereocenters. The van der Waals surface area contributed by atoms with Gasteiger partial charge in [0, 0.05) is 25.5 Å². The molecule has 1 heterocycles. The summed E-state index contributed by atoms with van der Waals surface area (Å²) in [7, 11) is 3.27. The van der Waals surface area contributed by atoms with E-state index in [0.717, 1.165) is 31.5 Å². The Morgan fingerprint density at radius 2 is 1.78 bits per heavy atom. The van der Waals surface area contributed by atoms with Gasteiger partial charge in [0.25, 0.3) is 5.91 Å². The second-order valence-electron chi connectivity index (χ2n) is 8.35. The highest BCUT2D eigenvalue weighted by molar-refractivity contribution is 6.05. The molecule has 1 aliphatic carbocycles. The van der Waals surface area contributed by atoms with Crippen LogP contribution in [0.2, 0.25) is 0 Å². The third kappa shape index (κ3) is 4.59. The first-order chi connectivity index (χ1) is 15.6. The summed E-state index contributed by atoms with van der Waals surface area (Å²) in [4.78, 5) is 32.5. The lowest BCUT2D eigenvalue weighted by atomic mass is 9.80. The van der Waals surface area contributed by atoms with Crippen molar-refractivity contribution in [1.29, 1.82) is 0 Å². The maximum Gasteiger partial charge on any atom is 0.338 e. The molecule has 166 valence electrons. The van der Waals surface area contributed by atoms with Crippen LogP contribution in [0.1, 0.15) is 63.7 Å². The summed E-state index contributed by atoms with van der Waals surface area (Å²) in [6.45, 7) is 0.393. The fraction of sp³-hybridized carbons (Fsp3) is 0.346. The molecule has 1 aliphatic rings. The summed E-state index contributed by atoms with van der Waals surface area (Å²) in [5, 5.41) is 0. The van der Waals surface area contributed by atoms with Gasteiger partial charge >= 0.3 is 5.97 Å². The van der Waals surface area contributed by atoms with Gasteiger partial charge in [-0.25, -0.2) is 9.78 Å². The minimum absolute atomic E-state index is 0.0591.